The molecule has 0 spiro atoms. The first kappa shape index (κ1) is 15.6. The quantitative estimate of drug-likeness (QED) is 0.740. The number of hydrogen-bond acceptors (Lipinski definition) is 3. The molecular weight excluding hydrogens is 314 g/mol. The molecule has 3 aromatic rings. The van der Waals surface area contributed by atoms with Gasteiger partial charge < -0.3 is 4.90 Å². The number of nitrogens with zero attached hydrogens (tertiary/aromatic N) is 3. The first-order valence-electron chi connectivity index (χ1n) is 8.57. The van der Waals surface area contributed by atoms with Gasteiger partial charge in [0.2, 0.25) is 5.91 Å². The lowest BCUT2D eigenvalue weighted by molar-refractivity contribution is -0.131. The van der Waals surface area contributed by atoms with Crippen molar-refractivity contribution in [2.75, 3.05) is 13.1 Å². The van der Waals surface area contributed by atoms with Crippen LogP contribution in [0, 0.1) is 0 Å². The summed E-state index contributed by atoms with van der Waals surface area (Å²) < 4.78 is 1.31. The molecule has 0 bridgehead atoms. The number of fused-ring (bicyclic) bond motifs is 1. The van der Waals surface area contributed by atoms with E-state index in [0.717, 1.165) is 42.6 Å². The lowest BCUT2D eigenvalue weighted by atomic mass is 10.1. The number of carbonyl (C=O) groups excluding carboxylic acids is 1. The molecule has 0 radical (unpaired) electrons. The summed E-state index contributed by atoms with van der Waals surface area (Å²) >= 11 is 0. The van der Waals surface area contributed by atoms with Crippen LogP contribution in [0.15, 0.2) is 59.4 Å². The van der Waals surface area contributed by atoms with Crippen molar-refractivity contribution in [1.29, 1.82) is 0 Å². The molecule has 0 atom stereocenters. The zero-order valence-electron chi connectivity index (χ0n) is 13.9. The van der Waals surface area contributed by atoms with Crippen molar-refractivity contribution in [3.05, 3.63) is 65.0 Å². The molecule has 5 nitrogen and oxygen atoms in total. The van der Waals surface area contributed by atoms with Crippen molar-refractivity contribution in [1.82, 2.24) is 14.7 Å². The second-order valence-electron chi connectivity index (χ2n) is 6.31. The van der Waals surface area contributed by atoms with Crippen LogP contribution in [0.25, 0.3) is 22.0 Å². The molecule has 1 saturated heterocycles. The SMILES string of the molecule is O=C(Cn1nc(-c2ccccc2)c2ccccc2c1=O)N1CCCC1. The number of hydrogen-bond donors (Lipinski definition) is 0. The van der Waals surface area contributed by atoms with Crippen LogP contribution in [0.5, 0.6) is 0 Å². The summed E-state index contributed by atoms with van der Waals surface area (Å²) in [4.78, 5) is 27.1. The maximum absolute atomic E-state index is 12.8. The molecule has 1 fully saturated rings. The summed E-state index contributed by atoms with van der Waals surface area (Å²) in [7, 11) is 0. The fourth-order valence-corrected chi connectivity index (χ4v) is 3.35. The van der Waals surface area contributed by atoms with Crippen LogP contribution in [0.4, 0.5) is 0 Å². The molecule has 25 heavy (non-hydrogen) atoms. The third-order valence-corrected chi connectivity index (χ3v) is 4.66. The minimum Gasteiger partial charge on any atom is -0.341 e. The molecule has 1 aliphatic rings. The van der Waals surface area contributed by atoms with E-state index in [1.54, 1.807) is 6.07 Å². The molecule has 0 saturated carbocycles. The van der Waals surface area contributed by atoms with Crippen LogP contribution in [0.1, 0.15) is 12.8 Å². The summed E-state index contributed by atoms with van der Waals surface area (Å²) in [6.07, 6.45) is 2.06. The van der Waals surface area contributed by atoms with Crippen LogP contribution < -0.4 is 5.56 Å². The Morgan fingerprint density at radius 3 is 2.28 bits per heavy atom. The fraction of sp³-hybridized carbons (Fsp3) is 0.250. The van der Waals surface area contributed by atoms with Gasteiger partial charge in [0.1, 0.15) is 6.54 Å². The number of likely N-dealkylation sites (tertiary alicyclic amines) is 1. The van der Waals surface area contributed by atoms with E-state index in [1.165, 1.54) is 4.68 Å². The maximum Gasteiger partial charge on any atom is 0.275 e. The fourth-order valence-electron chi connectivity index (χ4n) is 3.35. The molecule has 0 N–H and O–H groups in total. The molecule has 126 valence electrons. The van der Waals surface area contributed by atoms with Crippen molar-refractivity contribution in [2.45, 2.75) is 19.4 Å². The Balaban J connectivity index is 1.83. The second kappa shape index (κ2) is 6.51. The first-order chi connectivity index (χ1) is 12.2. The van der Waals surface area contributed by atoms with Gasteiger partial charge in [-0.2, -0.15) is 5.10 Å². The molecule has 0 aliphatic carbocycles. The van der Waals surface area contributed by atoms with Crippen LogP contribution in [-0.4, -0.2) is 33.7 Å². The summed E-state index contributed by atoms with van der Waals surface area (Å²) in [5, 5.41) is 5.94. The molecule has 5 heteroatoms. The zero-order chi connectivity index (χ0) is 17.2. The van der Waals surface area contributed by atoms with Gasteiger partial charge in [-0.1, -0.05) is 48.5 Å². The van der Waals surface area contributed by atoms with Gasteiger partial charge in [0.05, 0.1) is 11.1 Å². The van der Waals surface area contributed by atoms with E-state index in [2.05, 4.69) is 5.10 Å². The Bertz CT molecular complexity index is 973. The van der Waals surface area contributed by atoms with E-state index < -0.39 is 0 Å². The molecule has 1 amide bonds. The van der Waals surface area contributed by atoms with E-state index in [1.807, 2.05) is 53.4 Å². The summed E-state index contributed by atoms with van der Waals surface area (Å²) in [5.74, 6) is -0.0404. The largest absolute Gasteiger partial charge is 0.341 e. The highest BCUT2D eigenvalue weighted by Gasteiger charge is 2.20. The minimum atomic E-state index is -0.220. The molecule has 1 aromatic heterocycles. The number of carbonyl (C=O) groups is 1. The van der Waals surface area contributed by atoms with Gasteiger partial charge in [0.25, 0.3) is 5.56 Å². The lowest BCUT2D eigenvalue weighted by Gasteiger charge is -2.16. The van der Waals surface area contributed by atoms with Crippen molar-refractivity contribution >= 4 is 16.7 Å². The average molecular weight is 333 g/mol. The van der Waals surface area contributed by atoms with Crippen molar-refractivity contribution in [2.24, 2.45) is 0 Å². The Morgan fingerprint density at radius 2 is 1.56 bits per heavy atom. The van der Waals surface area contributed by atoms with Crippen molar-refractivity contribution < 1.29 is 4.79 Å². The predicted octanol–water partition coefficient (Wildman–Crippen LogP) is 2.69. The zero-order valence-corrected chi connectivity index (χ0v) is 13.9. The molecule has 1 aliphatic heterocycles. The minimum absolute atomic E-state index is 0.0104. The topological polar surface area (TPSA) is 55.2 Å². The molecule has 2 aromatic carbocycles. The lowest BCUT2D eigenvalue weighted by Crippen LogP contribution is -2.35. The third-order valence-electron chi connectivity index (χ3n) is 4.66. The predicted molar refractivity (Wildman–Crippen MR) is 97.3 cm³/mol. The number of benzene rings is 2. The smallest absolute Gasteiger partial charge is 0.275 e. The van der Waals surface area contributed by atoms with Crippen LogP contribution in [-0.2, 0) is 11.3 Å². The van der Waals surface area contributed by atoms with E-state index in [4.69, 9.17) is 0 Å². The summed E-state index contributed by atoms with van der Waals surface area (Å²) in [6.45, 7) is 1.53. The highest BCUT2D eigenvalue weighted by Crippen LogP contribution is 2.24. The normalized spacial score (nSPS) is 14.2. The van der Waals surface area contributed by atoms with Crippen molar-refractivity contribution in [3.8, 4) is 11.3 Å². The van der Waals surface area contributed by atoms with E-state index >= 15 is 0 Å². The van der Waals surface area contributed by atoms with Crippen LogP contribution >= 0.6 is 0 Å². The van der Waals surface area contributed by atoms with E-state index in [9.17, 15) is 9.59 Å². The molecular formula is C20H19N3O2. The maximum atomic E-state index is 12.8. The first-order valence-corrected chi connectivity index (χ1v) is 8.57. The standard InChI is InChI=1S/C20H19N3O2/c24-18(22-12-6-7-13-22)14-23-20(25)17-11-5-4-10-16(17)19(21-23)15-8-2-1-3-9-15/h1-5,8-11H,6-7,12-14H2. The number of aromatic nitrogens is 2. The number of amides is 1. The Kier molecular flexibility index (Phi) is 4.06. The molecule has 4 rings (SSSR count). The Hall–Kier alpha value is -2.95. The highest BCUT2D eigenvalue weighted by molar-refractivity contribution is 5.93. The van der Waals surface area contributed by atoms with Gasteiger partial charge in [-0.3, -0.25) is 9.59 Å². The van der Waals surface area contributed by atoms with Gasteiger partial charge in [0.15, 0.2) is 0 Å². The van der Waals surface area contributed by atoms with Crippen molar-refractivity contribution in [3.63, 3.8) is 0 Å². The van der Waals surface area contributed by atoms with E-state index in [0.29, 0.717) is 5.39 Å². The van der Waals surface area contributed by atoms with Gasteiger partial charge in [0, 0.05) is 24.0 Å². The van der Waals surface area contributed by atoms with Gasteiger partial charge >= 0.3 is 0 Å². The third kappa shape index (κ3) is 2.93. The van der Waals surface area contributed by atoms with Gasteiger partial charge in [-0.15, -0.1) is 0 Å². The van der Waals surface area contributed by atoms with Crippen LogP contribution in [0.2, 0.25) is 0 Å². The second-order valence-corrected chi connectivity index (χ2v) is 6.31. The summed E-state index contributed by atoms with van der Waals surface area (Å²) in [5.41, 5.74) is 1.44. The van der Waals surface area contributed by atoms with Gasteiger partial charge in [-0.05, 0) is 18.9 Å². The van der Waals surface area contributed by atoms with Gasteiger partial charge in [-0.25, -0.2) is 4.68 Å². The average Bonchev–Trinajstić information content (AvgIpc) is 3.20. The molecule has 2 heterocycles. The monoisotopic (exact) mass is 333 g/mol. The summed E-state index contributed by atoms with van der Waals surface area (Å²) in [6, 6.07) is 17.2. The number of rotatable bonds is 3. The van der Waals surface area contributed by atoms with Crippen LogP contribution in [0.3, 0.4) is 0 Å². The van der Waals surface area contributed by atoms with E-state index in [-0.39, 0.29) is 18.0 Å². The Labute approximate surface area is 145 Å². The molecule has 0 unspecified atom stereocenters. The highest BCUT2D eigenvalue weighted by atomic mass is 16.2. The Morgan fingerprint density at radius 1 is 0.920 bits per heavy atom.